The summed E-state index contributed by atoms with van der Waals surface area (Å²) in [4.78, 5) is 54.0. The molecule has 37 heavy (non-hydrogen) atoms. The summed E-state index contributed by atoms with van der Waals surface area (Å²) in [6.07, 6.45) is 3.74. The minimum absolute atomic E-state index is 0.0471. The Labute approximate surface area is 213 Å². The van der Waals surface area contributed by atoms with Gasteiger partial charge >= 0.3 is 11.9 Å². The molecule has 200 valence electrons. The van der Waals surface area contributed by atoms with Crippen LogP contribution < -0.4 is 20.4 Å². The fourth-order valence-electron chi connectivity index (χ4n) is 4.86. The van der Waals surface area contributed by atoms with Crippen molar-refractivity contribution < 1.29 is 33.0 Å². The molecule has 2 fully saturated rings. The molecule has 2 heterocycles. The molecule has 0 radical (unpaired) electrons. The highest BCUT2D eigenvalue weighted by Gasteiger charge is 2.40. The quantitative estimate of drug-likeness (QED) is 0.288. The molecule has 0 bridgehead atoms. The number of fused-ring (bicyclic) bond motifs is 1. The number of rotatable bonds is 10. The van der Waals surface area contributed by atoms with E-state index in [1.807, 2.05) is 11.9 Å². The fourth-order valence-corrected chi connectivity index (χ4v) is 4.86. The summed E-state index contributed by atoms with van der Waals surface area (Å²) in [5.74, 6) is -5.64. The molecule has 1 saturated carbocycles. The van der Waals surface area contributed by atoms with Crippen LogP contribution in [-0.4, -0.2) is 68.8 Å². The Morgan fingerprint density at radius 1 is 1.14 bits per heavy atom. The molecule has 0 amide bonds. The van der Waals surface area contributed by atoms with Gasteiger partial charge in [0.05, 0.1) is 36.8 Å². The first kappa shape index (κ1) is 26.6. The number of likely N-dealkylation sites (N-methyl/N-ethyl adjacent to an activating group) is 1. The number of hydrogen-bond acceptors (Lipinski definition) is 9. The van der Waals surface area contributed by atoms with Crippen LogP contribution in [0.5, 0.6) is 5.75 Å². The number of carbonyl (C=O) groups excluding carboxylic acids is 3. The maximum atomic E-state index is 15.6. The molecule has 11 heteroatoms. The van der Waals surface area contributed by atoms with Crippen molar-refractivity contribution in [3.63, 3.8) is 0 Å². The number of aromatic nitrogens is 1. The molecular formula is C26H32FN3O7. The molecule has 1 aliphatic heterocycles. The standard InChI is InChI=1S/C26H32FN3O7/c1-5-36-25(33)19(26(34)37-6-2)23(32)17-13-30(15-7-8-15)20-16(22(17)31)11-18(27)21(24(20)35-4)29-10-9-14(12-29)28-3/h11,13-15,19,28H,5-10,12H2,1-4H3/t14-/m1/s1. The molecule has 1 aromatic heterocycles. The van der Waals surface area contributed by atoms with Gasteiger partial charge < -0.3 is 29.0 Å². The Bertz CT molecular complexity index is 1270. The first-order valence-electron chi connectivity index (χ1n) is 12.5. The first-order valence-corrected chi connectivity index (χ1v) is 12.5. The largest absolute Gasteiger partial charge is 0.492 e. The van der Waals surface area contributed by atoms with Crippen LogP contribution in [0.25, 0.3) is 10.9 Å². The van der Waals surface area contributed by atoms with E-state index in [2.05, 4.69) is 5.32 Å². The smallest absolute Gasteiger partial charge is 0.328 e. The van der Waals surface area contributed by atoms with Crippen LogP contribution in [0.4, 0.5) is 10.1 Å². The Balaban J connectivity index is 1.91. The maximum Gasteiger partial charge on any atom is 0.328 e. The number of Topliss-reactive ketones (excluding diaryl/α,β-unsaturated/α-hetero) is 1. The lowest BCUT2D eigenvalue weighted by Gasteiger charge is -2.25. The van der Waals surface area contributed by atoms with Crippen molar-refractivity contribution >= 4 is 34.3 Å². The van der Waals surface area contributed by atoms with Crippen LogP contribution in [0, 0.1) is 11.7 Å². The van der Waals surface area contributed by atoms with E-state index in [9.17, 15) is 19.2 Å². The molecule has 2 aliphatic rings. The number of anilines is 1. The van der Waals surface area contributed by atoms with Gasteiger partial charge in [-0.25, -0.2) is 4.39 Å². The van der Waals surface area contributed by atoms with Crippen LogP contribution in [0.2, 0.25) is 0 Å². The molecule has 0 spiro atoms. The molecule has 1 atom stereocenters. The van der Waals surface area contributed by atoms with Gasteiger partial charge in [0.1, 0.15) is 5.69 Å². The molecule has 2 aromatic rings. The number of esters is 2. The van der Waals surface area contributed by atoms with Crippen molar-refractivity contribution in [2.75, 3.05) is 45.4 Å². The van der Waals surface area contributed by atoms with Gasteiger partial charge in [-0.05, 0) is 46.2 Å². The summed E-state index contributed by atoms with van der Waals surface area (Å²) in [6.45, 7) is 4.11. The average Bonchev–Trinajstić information content (AvgIpc) is 3.60. The van der Waals surface area contributed by atoms with Crippen LogP contribution in [0.3, 0.4) is 0 Å². The lowest BCUT2D eigenvalue weighted by Crippen LogP contribution is -2.37. The van der Waals surface area contributed by atoms with Crippen LogP contribution in [-0.2, 0) is 19.1 Å². The topological polar surface area (TPSA) is 116 Å². The molecule has 1 aliphatic carbocycles. The van der Waals surface area contributed by atoms with Gasteiger partial charge in [0, 0.05) is 31.4 Å². The van der Waals surface area contributed by atoms with E-state index in [1.54, 1.807) is 4.57 Å². The van der Waals surface area contributed by atoms with Gasteiger partial charge in [0.15, 0.2) is 22.8 Å². The van der Waals surface area contributed by atoms with Gasteiger partial charge in [0.2, 0.25) is 5.92 Å². The number of ether oxygens (including phenoxy) is 3. The zero-order valence-corrected chi connectivity index (χ0v) is 21.5. The van der Waals surface area contributed by atoms with Gasteiger partial charge in [-0.15, -0.1) is 0 Å². The minimum Gasteiger partial charge on any atom is -0.492 e. The number of benzene rings is 1. The normalized spacial score (nSPS) is 17.4. The Kier molecular flexibility index (Phi) is 7.82. The second-order valence-electron chi connectivity index (χ2n) is 9.17. The zero-order chi connectivity index (χ0) is 26.9. The van der Waals surface area contributed by atoms with Crippen LogP contribution in [0.1, 0.15) is 49.5 Å². The van der Waals surface area contributed by atoms with E-state index in [0.717, 1.165) is 25.3 Å². The number of halogens is 1. The molecule has 1 aromatic carbocycles. The van der Waals surface area contributed by atoms with E-state index in [-0.39, 0.29) is 42.1 Å². The van der Waals surface area contributed by atoms with E-state index in [4.69, 9.17) is 14.2 Å². The van der Waals surface area contributed by atoms with Crippen LogP contribution in [0.15, 0.2) is 17.1 Å². The summed E-state index contributed by atoms with van der Waals surface area (Å²) in [7, 11) is 3.27. The lowest BCUT2D eigenvalue weighted by atomic mass is 9.96. The van der Waals surface area contributed by atoms with Crippen molar-refractivity contribution in [2.24, 2.45) is 5.92 Å². The summed E-state index contributed by atoms with van der Waals surface area (Å²) < 4.78 is 32.9. The van der Waals surface area contributed by atoms with E-state index >= 15 is 4.39 Å². The molecule has 1 saturated heterocycles. The third-order valence-electron chi connectivity index (χ3n) is 6.83. The lowest BCUT2D eigenvalue weighted by molar-refractivity contribution is -0.158. The monoisotopic (exact) mass is 517 g/mol. The number of methoxy groups -OCH3 is 1. The van der Waals surface area contributed by atoms with Crippen molar-refractivity contribution in [2.45, 2.75) is 45.2 Å². The van der Waals surface area contributed by atoms with Crippen molar-refractivity contribution in [1.29, 1.82) is 0 Å². The molecule has 10 nitrogen and oxygen atoms in total. The molecule has 0 unspecified atom stereocenters. The highest BCUT2D eigenvalue weighted by Crippen LogP contribution is 2.44. The Hall–Kier alpha value is -3.47. The third-order valence-corrected chi connectivity index (χ3v) is 6.83. The van der Waals surface area contributed by atoms with Gasteiger partial charge in [-0.1, -0.05) is 0 Å². The zero-order valence-electron chi connectivity index (χ0n) is 21.5. The summed E-state index contributed by atoms with van der Waals surface area (Å²) in [6, 6.07) is 1.25. The highest BCUT2D eigenvalue weighted by atomic mass is 19.1. The number of nitrogens with one attached hydrogen (secondary N) is 1. The second kappa shape index (κ2) is 10.9. The number of nitrogens with zero attached hydrogens (tertiary/aromatic N) is 2. The summed E-state index contributed by atoms with van der Waals surface area (Å²) in [5, 5.41) is 3.14. The van der Waals surface area contributed by atoms with E-state index < -0.39 is 40.4 Å². The number of ketones is 1. The minimum atomic E-state index is -1.95. The van der Waals surface area contributed by atoms with Gasteiger partial charge in [-0.2, -0.15) is 0 Å². The first-order chi connectivity index (χ1) is 17.8. The maximum absolute atomic E-state index is 15.6. The SMILES string of the molecule is CCOC(=O)C(C(=O)OCC)C(=O)c1cn(C2CC2)c2c(OC)c(N3CC[C@@H](NC)C3)c(F)cc2c1=O. The average molecular weight is 518 g/mol. The van der Waals surface area contributed by atoms with E-state index in [1.165, 1.54) is 27.2 Å². The van der Waals surface area contributed by atoms with Gasteiger partial charge in [0.25, 0.3) is 0 Å². The Morgan fingerprint density at radius 2 is 1.78 bits per heavy atom. The predicted molar refractivity (Wildman–Crippen MR) is 134 cm³/mol. The predicted octanol–water partition coefficient (Wildman–Crippen LogP) is 2.21. The third kappa shape index (κ3) is 4.92. The van der Waals surface area contributed by atoms with Crippen molar-refractivity contribution in [1.82, 2.24) is 9.88 Å². The van der Waals surface area contributed by atoms with Crippen molar-refractivity contribution in [3.05, 3.63) is 33.9 Å². The summed E-state index contributed by atoms with van der Waals surface area (Å²) >= 11 is 0. The van der Waals surface area contributed by atoms with Crippen LogP contribution >= 0.6 is 0 Å². The fraction of sp³-hybridized carbons (Fsp3) is 0.538. The number of hydrogen-bond donors (Lipinski definition) is 1. The molecular weight excluding hydrogens is 485 g/mol. The van der Waals surface area contributed by atoms with E-state index in [0.29, 0.717) is 18.6 Å². The van der Waals surface area contributed by atoms with Crippen molar-refractivity contribution in [3.8, 4) is 5.75 Å². The second-order valence-corrected chi connectivity index (χ2v) is 9.17. The number of pyridine rings is 1. The molecule has 1 N–H and O–H groups in total. The summed E-state index contributed by atoms with van der Waals surface area (Å²) in [5.41, 5.74) is -0.568. The number of carbonyl (C=O) groups is 3. The molecule has 4 rings (SSSR count). The Morgan fingerprint density at radius 3 is 2.30 bits per heavy atom. The van der Waals surface area contributed by atoms with Gasteiger partial charge in [-0.3, -0.25) is 19.2 Å². The highest BCUT2D eigenvalue weighted by molar-refractivity contribution is 6.21.